The first-order valence-electron chi connectivity index (χ1n) is 6.27. The molecule has 0 bridgehead atoms. The fourth-order valence-electron chi connectivity index (χ4n) is 2.07. The zero-order chi connectivity index (χ0) is 13.2. The Morgan fingerprint density at radius 1 is 1.26 bits per heavy atom. The van der Waals surface area contributed by atoms with Crippen LogP contribution in [0, 0.1) is 13.8 Å². The van der Waals surface area contributed by atoms with Gasteiger partial charge in [-0.05, 0) is 13.8 Å². The van der Waals surface area contributed by atoms with E-state index in [1.807, 2.05) is 6.92 Å². The van der Waals surface area contributed by atoms with Crippen molar-refractivity contribution < 1.29 is 0 Å². The normalized spacial score (nSPS) is 11.5. The molecule has 0 fully saturated rings. The highest BCUT2D eigenvalue weighted by molar-refractivity contribution is 7.15. The average Bonchev–Trinajstić information content (AvgIpc) is 3.03. The van der Waals surface area contributed by atoms with Crippen LogP contribution in [0.25, 0.3) is 4.96 Å². The lowest BCUT2D eigenvalue weighted by Gasteiger charge is -2.03. The van der Waals surface area contributed by atoms with Crippen LogP contribution in [0.5, 0.6) is 0 Å². The minimum atomic E-state index is 0.855. The molecule has 0 spiro atoms. The third kappa shape index (κ3) is 2.70. The van der Waals surface area contributed by atoms with Gasteiger partial charge in [-0.1, -0.05) is 0 Å². The molecule has 0 saturated heterocycles. The fraction of sp³-hybridized carbons (Fsp3) is 0.385. The van der Waals surface area contributed by atoms with E-state index in [9.17, 15) is 0 Å². The summed E-state index contributed by atoms with van der Waals surface area (Å²) in [5, 5.41) is 8.86. The monoisotopic (exact) mass is 292 g/mol. The van der Waals surface area contributed by atoms with E-state index in [0.29, 0.717) is 0 Å². The molecule has 0 atom stereocenters. The van der Waals surface area contributed by atoms with E-state index >= 15 is 0 Å². The third-order valence-corrected chi connectivity index (χ3v) is 4.82. The Morgan fingerprint density at radius 2 is 2.16 bits per heavy atom. The van der Waals surface area contributed by atoms with E-state index < -0.39 is 0 Å². The fourth-order valence-corrected chi connectivity index (χ4v) is 3.63. The van der Waals surface area contributed by atoms with Crippen molar-refractivity contribution in [3.05, 3.63) is 39.0 Å². The lowest BCUT2D eigenvalue weighted by molar-refractivity contribution is 0.667. The molecule has 0 aliphatic rings. The molecule has 1 N–H and O–H groups in total. The SMILES string of the molecule is Cc1csc(CCNCc2c(C)nc3sccn23)n1. The number of aromatic nitrogens is 3. The van der Waals surface area contributed by atoms with Gasteiger partial charge in [0.25, 0.3) is 0 Å². The standard InChI is InChI=1S/C13H16N4S2/c1-9-8-19-12(15-9)3-4-14-7-11-10(2)16-13-17(11)5-6-18-13/h5-6,8,14H,3-4,7H2,1-2H3. The molecule has 0 aliphatic heterocycles. The van der Waals surface area contributed by atoms with Crippen molar-refractivity contribution in [2.75, 3.05) is 6.54 Å². The highest BCUT2D eigenvalue weighted by atomic mass is 32.1. The molecule has 4 nitrogen and oxygen atoms in total. The summed E-state index contributed by atoms with van der Waals surface area (Å²) in [6.07, 6.45) is 3.07. The highest BCUT2D eigenvalue weighted by Crippen LogP contribution is 2.16. The summed E-state index contributed by atoms with van der Waals surface area (Å²) < 4.78 is 2.17. The molecular formula is C13H16N4S2. The smallest absolute Gasteiger partial charge is 0.194 e. The summed E-state index contributed by atoms with van der Waals surface area (Å²) in [6, 6.07) is 0. The van der Waals surface area contributed by atoms with Gasteiger partial charge in [-0.3, -0.25) is 4.40 Å². The Morgan fingerprint density at radius 3 is 2.95 bits per heavy atom. The van der Waals surface area contributed by atoms with Crippen LogP contribution in [-0.2, 0) is 13.0 Å². The molecule has 0 aliphatic carbocycles. The highest BCUT2D eigenvalue weighted by Gasteiger charge is 2.08. The van der Waals surface area contributed by atoms with Crippen molar-refractivity contribution in [3.8, 4) is 0 Å². The largest absolute Gasteiger partial charge is 0.311 e. The number of nitrogens with one attached hydrogen (secondary N) is 1. The van der Waals surface area contributed by atoms with Gasteiger partial charge in [0.1, 0.15) is 0 Å². The van der Waals surface area contributed by atoms with Gasteiger partial charge >= 0.3 is 0 Å². The van der Waals surface area contributed by atoms with Crippen LogP contribution in [0.4, 0.5) is 0 Å². The third-order valence-electron chi connectivity index (χ3n) is 3.04. The number of rotatable bonds is 5. The van der Waals surface area contributed by atoms with Crippen LogP contribution < -0.4 is 5.32 Å². The zero-order valence-electron chi connectivity index (χ0n) is 11.0. The molecular weight excluding hydrogens is 276 g/mol. The number of fused-ring (bicyclic) bond motifs is 1. The maximum atomic E-state index is 4.54. The molecule has 0 saturated carbocycles. The molecule has 0 amide bonds. The molecule has 3 rings (SSSR count). The average molecular weight is 292 g/mol. The molecule has 3 aromatic rings. The number of imidazole rings is 1. The van der Waals surface area contributed by atoms with E-state index in [4.69, 9.17) is 0 Å². The van der Waals surface area contributed by atoms with Crippen LogP contribution in [0.15, 0.2) is 17.0 Å². The Balaban J connectivity index is 1.57. The van der Waals surface area contributed by atoms with Crippen LogP contribution in [0.2, 0.25) is 0 Å². The van der Waals surface area contributed by atoms with E-state index in [-0.39, 0.29) is 0 Å². The van der Waals surface area contributed by atoms with Gasteiger partial charge in [-0.15, -0.1) is 22.7 Å². The topological polar surface area (TPSA) is 42.2 Å². The first-order valence-corrected chi connectivity index (χ1v) is 8.03. The molecule has 3 heterocycles. The number of hydrogen-bond donors (Lipinski definition) is 1. The second-order valence-electron chi connectivity index (χ2n) is 4.51. The van der Waals surface area contributed by atoms with Crippen LogP contribution in [-0.4, -0.2) is 20.9 Å². The Bertz CT molecular complexity index is 680. The Hall–Kier alpha value is -1.24. The van der Waals surface area contributed by atoms with Crippen LogP contribution >= 0.6 is 22.7 Å². The maximum Gasteiger partial charge on any atom is 0.194 e. The Kier molecular flexibility index (Phi) is 3.63. The van der Waals surface area contributed by atoms with Crippen molar-refractivity contribution in [1.29, 1.82) is 0 Å². The molecule has 3 aromatic heterocycles. The van der Waals surface area contributed by atoms with Crippen LogP contribution in [0.3, 0.4) is 0 Å². The molecule has 0 radical (unpaired) electrons. The van der Waals surface area contributed by atoms with Crippen molar-refractivity contribution in [2.24, 2.45) is 0 Å². The molecule has 19 heavy (non-hydrogen) atoms. The predicted octanol–water partition coefficient (Wildman–Crippen LogP) is 2.80. The minimum absolute atomic E-state index is 0.855. The molecule has 0 aromatic carbocycles. The number of thiazole rings is 2. The van der Waals surface area contributed by atoms with Gasteiger partial charge in [-0.25, -0.2) is 9.97 Å². The van der Waals surface area contributed by atoms with Gasteiger partial charge in [-0.2, -0.15) is 0 Å². The van der Waals surface area contributed by atoms with Crippen molar-refractivity contribution in [2.45, 2.75) is 26.8 Å². The molecule has 100 valence electrons. The second kappa shape index (κ2) is 5.40. The quantitative estimate of drug-likeness (QED) is 0.735. The van der Waals surface area contributed by atoms with Crippen molar-refractivity contribution in [1.82, 2.24) is 19.7 Å². The van der Waals surface area contributed by atoms with Gasteiger partial charge in [0.05, 0.1) is 16.4 Å². The number of aryl methyl sites for hydroxylation is 2. The van der Waals surface area contributed by atoms with Gasteiger partial charge in [0.2, 0.25) is 0 Å². The first-order chi connectivity index (χ1) is 9.24. The van der Waals surface area contributed by atoms with Gasteiger partial charge in [0.15, 0.2) is 4.96 Å². The number of hydrogen-bond acceptors (Lipinski definition) is 5. The van der Waals surface area contributed by atoms with Gasteiger partial charge in [0, 0.05) is 42.2 Å². The van der Waals surface area contributed by atoms with E-state index in [1.165, 1.54) is 10.7 Å². The number of nitrogens with zero attached hydrogens (tertiary/aromatic N) is 3. The first kappa shape index (κ1) is 12.8. The minimum Gasteiger partial charge on any atom is -0.311 e. The summed E-state index contributed by atoms with van der Waals surface area (Å²) in [4.78, 5) is 10.1. The van der Waals surface area contributed by atoms with E-state index in [0.717, 1.165) is 35.9 Å². The summed E-state index contributed by atoms with van der Waals surface area (Å²) in [5.74, 6) is 0. The summed E-state index contributed by atoms with van der Waals surface area (Å²) >= 11 is 3.41. The maximum absolute atomic E-state index is 4.54. The lowest BCUT2D eigenvalue weighted by atomic mass is 10.3. The summed E-state index contributed by atoms with van der Waals surface area (Å²) in [7, 11) is 0. The molecule has 6 heteroatoms. The predicted molar refractivity (Wildman–Crippen MR) is 80.1 cm³/mol. The second-order valence-corrected chi connectivity index (χ2v) is 6.32. The van der Waals surface area contributed by atoms with Gasteiger partial charge < -0.3 is 5.32 Å². The van der Waals surface area contributed by atoms with Crippen molar-refractivity contribution >= 4 is 27.6 Å². The molecule has 0 unspecified atom stereocenters. The Labute approximate surface area is 120 Å². The zero-order valence-corrected chi connectivity index (χ0v) is 12.6. The van der Waals surface area contributed by atoms with E-state index in [2.05, 4.69) is 43.6 Å². The summed E-state index contributed by atoms with van der Waals surface area (Å²) in [5.41, 5.74) is 3.49. The van der Waals surface area contributed by atoms with E-state index in [1.54, 1.807) is 22.7 Å². The van der Waals surface area contributed by atoms with Crippen molar-refractivity contribution in [3.63, 3.8) is 0 Å². The van der Waals surface area contributed by atoms with Crippen LogP contribution in [0.1, 0.15) is 22.1 Å². The lowest BCUT2D eigenvalue weighted by Crippen LogP contribution is -2.18. The summed E-state index contributed by atoms with van der Waals surface area (Å²) in [6.45, 7) is 5.91.